The predicted octanol–water partition coefficient (Wildman–Crippen LogP) is 2.06. The fraction of sp³-hybridized carbons (Fsp3) is 0.412. The number of nitrogens with one attached hydrogen (secondary N) is 1. The molecule has 1 N–H and O–H groups in total. The second kappa shape index (κ2) is 6.43. The molecule has 24 heavy (non-hydrogen) atoms. The van der Waals surface area contributed by atoms with Crippen LogP contribution >= 0.6 is 0 Å². The molecule has 7 heteroatoms. The molecule has 126 valence electrons. The standard InChI is InChI=1S/C17H22N6O/c1-11(2)9-23-10-20-15-6-13(7-18-16(15)23)17(24)19-8-14-5-12(3)22(4)21-14/h5-7,10-11H,8-9H2,1-4H3,(H,19,24). The molecule has 0 spiro atoms. The molecule has 0 aliphatic heterocycles. The highest BCUT2D eigenvalue weighted by Gasteiger charge is 2.12. The van der Waals surface area contributed by atoms with E-state index in [1.165, 1.54) is 0 Å². The number of carbonyl (C=O) groups is 1. The van der Waals surface area contributed by atoms with Crippen molar-refractivity contribution in [3.8, 4) is 0 Å². The van der Waals surface area contributed by atoms with Gasteiger partial charge in [-0.15, -0.1) is 0 Å². The second-order valence-corrected chi connectivity index (χ2v) is 6.44. The first-order valence-corrected chi connectivity index (χ1v) is 8.02. The summed E-state index contributed by atoms with van der Waals surface area (Å²) in [5.41, 5.74) is 3.93. The smallest absolute Gasteiger partial charge is 0.253 e. The molecular formula is C17H22N6O. The molecule has 3 aromatic heterocycles. The van der Waals surface area contributed by atoms with Crippen molar-refractivity contribution in [3.63, 3.8) is 0 Å². The first-order valence-electron chi connectivity index (χ1n) is 8.02. The van der Waals surface area contributed by atoms with E-state index in [0.29, 0.717) is 18.0 Å². The fourth-order valence-electron chi connectivity index (χ4n) is 2.59. The highest BCUT2D eigenvalue weighted by Crippen LogP contribution is 2.14. The molecule has 7 nitrogen and oxygen atoms in total. The van der Waals surface area contributed by atoms with Crippen molar-refractivity contribution in [1.82, 2.24) is 29.6 Å². The topological polar surface area (TPSA) is 77.6 Å². The maximum absolute atomic E-state index is 12.3. The molecule has 3 aromatic rings. The highest BCUT2D eigenvalue weighted by atomic mass is 16.1. The normalized spacial score (nSPS) is 11.4. The minimum Gasteiger partial charge on any atom is -0.346 e. The van der Waals surface area contributed by atoms with Crippen molar-refractivity contribution in [2.75, 3.05) is 0 Å². The Bertz CT molecular complexity index is 857. The molecule has 0 saturated heterocycles. The zero-order valence-electron chi connectivity index (χ0n) is 14.4. The number of imidazole rings is 1. The molecule has 0 aliphatic carbocycles. The van der Waals surface area contributed by atoms with E-state index in [1.807, 2.05) is 24.6 Å². The molecular weight excluding hydrogens is 304 g/mol. The van der Waals surface area contributed by atoms with E-state index < -0.39 is 0 Å². The van der Waals surface area contributed by atoms with Crippen LogP contribution in [0.2, 0.25) is 0 Å². The summed E-state index contributed by atoms with van der Waals surface area (Å²) in [5, 5.41) is 7.20. The third-order valence-corrected chi connectivity index (χ3v) is 3.87. The predicted molar refractivity (Wildman–Crippen MR) is 91.5 cm³/mol. The quantitative estimate of drug-likeness (QED) is 0.778. The van der Waals surface area contributed by atoms with Crippen LogP contribution in [0.3, 0.4) is 0 Å². The Hall–Kier alpha value is -2.70. The first kappa shape index (κ1) is 16.2. The molecule has 0 bridgehead atoms. The van der Waals surface area contributed by atoms with Gasteiger partial charge in [-0.25, -0.2) is 9.97 Å². The Morgan fingerprint density at radius 3 is 2.75 bits per heavy atom. The number of aryl methyl sites for hydroxylation is 2. The molecule has 3 heterocycles. The minimum atomic E-state index is -0.175. The van der Waals surface area contributed by atoms with Gasteiger partial charge in [-0.2, -0.15) is 5.10 Å². The van der Waals surface area contributed by atoms with Gasteiger partial charge in [0.15, 0.2) is 5.65 Å². The number of nitrogens with zero attached hydrogens (tertiary/aromatic N) is 5. The van der Waals surface area contributed by atoms with Crippen LogP contribution in [0.15, 0.2) is 24.7 Å². The van der Waals surface area contributed by atoms with Gasteiger partial charge in [0.25, 0.3) is 5.91 Å². The first-order chi connectivity index (χ1) is 11.4. The summed E-state index contributed by atoms with van der Waals surface area (Å²) in [4.78, 5) is 21.1. The molecule has 0 aliphatic rings. The van der Waals surface area contributed by atoms with Gasteiger partial charge in [0.1, 0.15) is 5.52 Å². The van der Waals surface area contributed by atoms with Crippen molar-refractivity contribution in [1.29, 1.82) is 0 Å². The van der Waals surface area contributed by atoms with E-state index >= 15 is 0 Å². The second-order valence-electron chi connectivity index (χ2n) is 6.44. The van der Waals surface area contributed by atoms with Gasteiger partial charge >= 0.3 is 0 Å². The van der Waals surface area contributed by atoms with E-state index in [0.717, 1.165) is 29.1 Å². The van der Waals surface area contributed by atoms with Crippen LogP contribution in [0, 0.1) is 12.8 Å². The van der Waals surface area contributed by atoms with E-state index in [4.69, 9.17) is 0 Å². The Kier molecular flexibility index (Phi) is 4.33. The Labute approximate surface area is 140 Å². The summed E-state index contributed by atoms with van der Waals surface area (Å²) in [6, 6.07) is 3.73. The summed E-state index contributed by atoms with van der Waals surface area (Å²) in [6.45, 7) is 7.51. The van der Waals surface area contributed by atoms with Gasteiger partial charge in [-0.05, 0) is 25.0 Å². The number of aromatic nitrogens is 5. The van der Waals surface area contributed by atoms with Crippen molar-refractivity contribution in [2.45, 2.75) is 33.9 Å². The molecule has 0 radical (unpaired) electrons. The third kappa shape index (κ3) is 3.29. The number of amides is 1. The SMILES string of the molecule is Cc1cc(CNC(=O)c2cnc3c(c2)ncn3CC(C)C)nn1C. The molecule has 0 saturated carbocycles. The van der Waals surface area contributed by atoms with Crippen molar-refractivity contribution < 1.29 is 4.79 Å². The van der Waals surface area contributed by atoms with E-state index in [9.17, 15) is 4.79 Å². The summed E-state index contributed by atoms with van der Waals surface area (Å²) in [7, 11) is 1.88. The molecule has 0 atom stereocenters. The molecule has 1 amide bonds. The number of hydrogen-bond acceptors (Lipinski definition) is 4. The molecule has 0 fully saturated rings. The van der Waals surface area contributed by atoms with Gasteiger partial charge < -0.3 is 9.88 Å². The number of rotatable bonds is 5. The lowest BCUT2D eigenvalue weighted by Crippen LogP contribution is -2.23. The highest BCUT2D eigenvalue weighted by molar-refractivity contribution is 5.96. The van der Waals surface area contributed by atoms with Crippen LogP contribution in [0.1, 0.15) is 35.6 Å². The van der Waals surface area contributed by atoms with Crippen molar-refractivity contribution >= 4 is 17.1 Å². The van der Waals surface area contributed by atoms with E-state index in [-0.39, 0.29) is 5.91 Å². The van der Waals surface area contributed by atoms with Gasteiger partial charge in [-0.1, -0.05) is 13.8 Å². The van der Waals surface area contributed by atoms with E-state index in [2.05, 4.69) is 34.2 Å². The van der Waals surface area contributed by atoms with Crippen LogP contribution in [0.5, 0.6) is 0 Å². The molecule has 3 rings (SSSR count). The summed E-state index contributed by atoms with van der Waals surface area (Å²) < 4.78 is 3.80. The Morgan fingerprint density at radius 2 is 2.08 bits per heavy atom. The number of carbonyl (C=O) groups excluding carboxylic acids is 1. The molecule has 0 unspecified atom stereocenters. The van der Waals surface area contributed by atoms with Crippen LogP contribution in [-0.4, -0.2) is 30.2 Å². The zero-order chi connectivity index (χ0) is 17.3. The summed E-state index contributed by atoms with van der Waals surface area (Å²) >= 11 is 0. The van der Waals surface area contributed by atoms with Crippen LogP contribution in [-0.2, 0) is 20.1 Å². The lowest BCUT2D eigenvalue weighted by molar-refractivity contribution is 0.0950. The van der Waals surface area contributed by atoms with Gasteiger partial charge in [0.2, 0.25) is 0 Å². The Balaban J connectivity index is 1.73. The van der Waals surface area contributed by atoms with Crippen LogP contribution < -0.4 is 5.32 Å². The summed E-state index contributed by atoms with van der Waals surface area (Å²) in [5.74, 6) is 0.333. The number of pyridine rings is 1. The average molecular weight is 326 g/mol. The monoisotopic (exact) mass is 326 g/mol. The van der Waals surface area contributed by atoms with Gasteiger partial charge in [0, 0.05) is 25.5 Å². The number of fused-ring (bicyclic) bond motifs is 1. The maximum atomic E-state index is 12.3. The van der Waals surface area contributed by atoms with Crippen molar-refractivity contribution in [2.24, 2.45) is 13.0 Å². The van der Waals surface area contributed by atoms with Gasteiger partial charge in [0.05, 0.1) is 24.1 Å². The largest absolute Gasteiger partial charge is 0.346 e. The Morgan fingerprint density at radius 1 is 1.29 bits per heavy atom. The summed E-state index contributed by atoms with van der Waals surface area (Å²) in [6.07, 6.45) is 3.37. The number of hydrogen-bond donors (Lipinski definition) is 1. The lowest BCUT2D eigenvalue weighted by Gasteiger charge is -2.07. The maximum Gasteiger partial charge on any atom is 0.253 e. The lowest BCUT2D eigenvalue weighted by atomic mass is 10.2. The van der Waals surface area contributed by atoms with Crippen LogP contribution in [0.4, 0.5) is 0 Å². The van der Waals surface area contributed by atoms with E-state index in [1.54, 1.807) is 23.3 Å². The van der Waals surface area contributed by atoms with Crippen molar-refractivity contribution in [3.05, 3.63) is 41.6 Å². The average Bonchev–Trinajstić information content (AvgIpc) is 3.08. The molecule has 0 aromatic carbocycles. The third-order valence-electron chi connectivity index (χ3n) is 3.87. The zero-order valence-corrected chi connectivity index (χ0v) is 14.4. The van der Waals surface area contributed by atoms with Gasteiger partial charge in [-0.3, -0.25) is 9.48 Å². The fourth-order valence-corrected chi connectivity index (χ4v) is 2.59. The van der Waals surface area contributed by atoms with Crippen LogP contribution in [0.25, 0.3) is 11.2 Å². The minimum absolute atomic E-state index is 0.175.